The first-order valence-corrected chi connectivity index (χ1v) is 4.61. The molecule has 14 heavy (non-hydrogen) atoms. The van der Waals surface area contributed by atoms with Gasteiger partial charge in [-0.1, -0.05) is 24.3 Å². The van der Waals surface area contributed by atoms with E-state index < -0.39 is 0 Å². The number of anilines is 1. The molecular formula is C11H13N3. The number of nitrogens with two attached hydrogens (primary N) is 1. The van der Waals surface area contributed by atoms with Crippen LogP contribution in [0.3, 0.4) is 0 Å². The van der Waals surface area contributed by atoms with Gasteiger partial charge in [0.1, 0.15) is 5.82 Å². The van der Waals surface area contributed by atoms with Crippen LogP contribution in [0.2, 0.25) is 0 Å². The summed E-state index contributed by atoms with van der Waals surface area (Å²) in [6, 6.07) is 10.2. The summed E-state index contributed by atoms with van der Waals surface area (Å²) in [7, 11) is 1.87. The Hall–Kier alpha value is -1.61. The van der Waals surface area contributed by atoms with Crippen LogP contribution in [0.25, 0.3) is 10.8 Å². The average Bonchev–Trinajstić information content (AvgIpc) is 2.27. The van der Waals surface area contributed by atoms with Gasteiger partial charge < -0.3 is 11.1 Å². The number of benzene rings is 1. The molecule has 0 spiro atoms. The summed E-state index contributed by atoms with van der Waals surface area (Å²) in [6.45, 7) is 0.472. The number of hydrogen-bond acceptors (Lipinski definition) is 3. The first-order valence-electron chi connectivity index (χ1n) is 4.61. The molecule has 0 saturated heterocycles. The third kappa shape index (κ3) is 1.42. The number of aromatic nitrogens is 1. The fourth-order valence-electron chi connectivity index (χ4n) is 1.55. The Balaban J connectivity index is 2.73. The highest BCUT2D eigenvalue weighted by Crippen LogP contribution is 2.21. The highest BCUT2D eigenvalue weighted by Gasteiger charge is 2.02. The van der Waals surface area contributed by atoms with E-state index in [1.165, 1.54) is 5.39 Å². The maximum Gasteiger partial charge on any atom is 0.133 e. The molecule has 3 heteroatoms. The average molecular weight is 187 g/mol. The van der Waals surface area contributed by atoms with Crippen molar-refractivity contribution in [2.45, 2.75) is 6.54 Å². The van der Waals surface area contributed by atoms with Gasteiger partial charge in [0.15, 0.2) is 0 Å². The van der Waals surface area contributed by atoms with Crippen molar-refractivity contribution in [1.82, 2.24) is 4.98 Å². The summed E-state index contributed by atoms with van der Waals surface area (Å²) in [4.78, 5) is 4.40. The Morgan fingerprint density at radius 2 is 2.14 bits per heavy atom. The Morgan fingerprint density at radius 1 is 1.36 bits per heavy atom. The standard InChI is InChI=1S/C11H13N3/c1-13-11-10-5-3-2-4-8(10)6-9(7-12)14-11/h2-6H,7,12H2,1H3,(H,13,14). The molecule has 0 atom stereocenters. The van der Waals surface area contributed by atoms with Crippen molar-refractivity contribution >= 4 is 16.6 Å². The molecule has 1 heterocycles. The summed E-state index contributed by atoms with van der Waals surface area (Å²) in [5.74, 6) is 0.892. The van der Waals surface area contributed by atoms with Crippen molar-refractivity contribution in [3.05, 3.63) is 36.0 Å². The van der Waals surface area contributed by atoms with Gasteiger partial charge in [-0.3, -0.25) is 0 Å². The van der Waals surface area contributed by atoms with Crippen molar-refractivity contribution < 1.29 is 0 Å². The topological polar surface area (TPSA) is 50.9 Å². The summed E-state index contributed by atoms with van der Waals surface area (Å²) < 4.78 is 0. The maximum atomic E-state index is 5.57. The largest absolute Gasteiger partial charge is 0.373 e. The number of rotatable bonds is 2. The molecule has 0 saturated carbocycles. The van der Waals surface area contributed by atoms with Gasteiger partial charge in [0, 0.05) is 19.0 Å². The fourth-order valence-corrected chi connectivity index (χ4v) is 1.55. The molecule has 1 aromatic carbocycles. The Kier molecular flexibility index (Phi) is 2.33. The minimum Gasteiger partial charge on any atom is -0.373 e. The molecule has 0 aliphatic carbocycles. The molecule has 0 amide bonds. The predicted octanol–water partition coefficient (Wildman–Crippen LogP) is 1.74. The molecule has 0 unspecified atom stereocenters. The Bertz CT molecular complexity index is 451. The molecule has 3 N–H and O–H groups in total. The van der Waals surface area contributed by atoms with Crippen molar-refractivity contribution in [2.75, 3.05) is 12.4 Å². The normalized spacial score (nSPS) is 10.4. The van der Waals surface area contributed by atoms with Crippen LogP contribution in [-0.2, 0) is 6.54 Å². The third-order valence-corrected chi connectivity index (χ3v) is 2.24. The monoisotopic (exact) mass is 187 g/mol. The van der Waals surface area contributed by atoms with E-state index in [1.807, 2.05) is 25.2 Å². The molecule has 0 fully saturated rings. The van der Waals surface area contributed by atoms with E-state index in [0.29, 0.717) is 6.54 Å². The summed E-state index contributed by atoms with van der Waals surface area (Å²) in [5.41, 5.74) is 6.48. The highest BCUT2D eigenvalue weighted by atomic mass is 15.0. The Labute approximate surface area is 83.0 Å². The lowest BCUT2D eigenvalue weighted by Gasteiger charge is -2.07. The molecule has 1 aromatic heterocycles. The van der Waals surface area contributed by atoms with Gasteiger partial charge in [0.25, 0.3) is 0 Å². The van der Waals surface area contributed by atoms with E-state index >= 15 is 0 Å². The van der Waals surface area contributed by atoms with Gasteiger partial charge in [-0.05, 0) is 11.5 Å². The second-order valence-corrected chi connectivity index (χ2v) is 3.14. The number of hydrogen-bond donors (Lipinski definition) is 2. The maximum absolute atomic E-state index is 5.57. The van der Waals surface area contributed by atoms with E-state index in [0.717, 1.165) is 16.9 Å². The summed E-state index contributed by atoms with van der Waals surface area (Å²) in [5, 5.41) is 5.38. The van der Waals surface area contributed by atoms with E-state index in [9.17, 15) is 0 Å². The first-order chi connectivity index (χ1) is 6.85. The van der Waals surface area contributed by atoms with E-state index in [4.69, 9.17) is 5.73 Å². The van der Waals surface area contributed by atoms with Crippen LogP contribution >= 0.6 is 0 Å². The van der Waals surface area contributed by atoms with Crippen molar-refractivity contribution in [3.8, 4) is 0 Å². The third-order valence-electron chi connectivity index (χ3n) is 2.24. The zero-order valence-corrected chi connectivity index (χ0v) is 8.12. The van der Waals surface area contributed by atoms with Crippen LogP contribution in [0.4, 0.5) is 5.82 Å². The van der Waals surface area contributed by atoms with Crippen molar-refractivity contribution in [2.24, 2.45) is 5.73 Å². The Morgan fingerprint density at radius 3 is 2.86 bits per heavy atom. The molecule has 0 bridgehead atoms. The highest BCUT2D eigenvalue weighted by molar-refractivity contribution is 5.92. The SMILES string of the molecule is CNc1nc(CN)cc2ccccc12. The lowest BCUT2D eigenvalue weighted by molar-refractivity contribution is 0.998. The second kappa shape index (κ2) is 3.64. The van der Waals surface area contributed by atoms with Crippen LogP contribution in [0.5, 0.6) is 0 Å². The van der Waals surface area contributed by atoms with Crippen LogP contribution in [0.1, 0.15) is 5.69 Å². The molecule has 3 nitrogen and oxygen atoms in total. The number of pyridine rings is 1. The molecule has 0 aliphatic rings. The van der Waals surface area contributed by atoms with Gasteiger partial charge in [-0.25, -0.2) is 4.98 Å². The number of nitrogens with one attached hydrogen (secondary N) is 1. The van der Waals surface area contributed by atoms with Crippen LogP contribution in [0.15, 0.2) is 30.3 Å². The summed E-state index contributed by atoms with van der Waals surface area (Å²) in [6.07, 6.45) is 0. The van der Waals surface area contributed by atoms with Crippen LogP contribution in [0, 0.1) is 0 Å². The van der Waals surface area contributed by atoms with Crippen LogP contribution in [-0.4, -0.2) is 12.0 Å². The second-order valence-electron chi connectivity index (χ2n) is 3.14. The zero-order valence-electron chi connectivity index (χ0n) is 8.12. The van der Waals surface area contributed by atoms with E-state index in [-0.39, 0.29) is 0 Å². The summed E-state index contributed by atoms with van der Waals surface area (Å²) >= 11 is 0. The molecule has 2 rings (SSSR count). The first kappa shape index (κ1) is 8.97. The lowest BCUT2D eigenvalue weighted by Crippen LogP contribution is -2.02. The number of nitrogens with zero attached hydrogens (tertiary/aromatic N) is 1. The minimum absolute atomic E-state index is 0.472. The van der Waals surface area contributed by atoms with Gasteiger partial charge in [-0.2, -0.15) is 0 Å². The smallest absolute Gasteiger partial charge is 0.133 e. The van der Waals surface area contributed by atoms with Crippen molar-refractivity contribution in [1.29, 1.82) is 0 Å². The quantitative estimate of drug-likeness (QED) is 0.752. The minimum atomic E-state index is 0.472. The molecule has 2 aromatic rings. The van der Waals surface area contributed by atoms with Gasteiger partial charge in [0.05, 0.1) is 5.69 Å². The van der Waals surface area contributed by atoms with Gasteiger partial charge in [0.2, 0.25) is 0 Å². The van der Waals surface area contributed by atoms with Crippen LogP contribution < -0.4 is 11.1 Å². The molecule has 0 aliphatic heterocycles. The molecular weight excluding hydrogens is 174 g/mol. The molecule has 0 radical (unpaired) electrons. The van der Waals surface area contributed by atoms with Gasteiger partial charge >= 0.3 is 0 Å². The van der Waals surface area contributed by atoms with Gasteiger partial charge in [-0.15, -0.1) is 0 Å². The lowest BCUT2D eigenvalue weighted by atomic mass is 10.1. The van der Waals surface area contributed by atoms with E-state index in [2.05, 4.69) is 22.4 Å². The van der Waals surface area contributed by atoms with E-state index in [1.54, 1.807) is 0 Å². The predicted molar refractivity (Wildman–Crippen MR) is 59.2 cm³/mol. The molecule has 72 valence electrons. The fraction of sp³-hybridized carbons (Fsp3) is 0.182. The van der Waals surface area contributed by atoms with Crippen molar-refractivity contribution in [3.63, 3.8) is 0 Å². The zero-order chi connectivity index (χ0) is 9.97. The number of fused-ring (bicyclic) bond motifs is 1.